The van der Waals surface area contributed by atoms with Gasteiger partial charge in [-0.2, -0.15) is 0 Å². The molecule has 1 fully saturated rings. The summed E-state index contributed by atoms with van der Waals surface area (Å²) in [6.07, 6.45) is 1.83. The molecule has 2 atom stereocenters. The van der Waals surface area contributed by atoms with Crippen LogP contribution < -0.4 is 15.0 Å². The van der Waals surface area contributed by atoms with Crippen LogP contribution in [-0.4, -0.2) is 16.7 Å². The van der Waals surface area contributed by atoms with Gasteiger partial charge in [-0.1, -0.05) is 6.07 Å². The van der Waals surface area contributed by atoms with Crippen molar-refractivity contribution in [3.05, 3.63) is 76.2 Å². The molecule has 27 heavy (non-hydrogen) atoms. The maximum Gasteiger partial charge on any atom is 0.174 e. The van der Waals surface area contributed by atoms with E-state index in [9.17, 15) is 0 Å². The van der Waals surface area contributed by atoms with Crippen molar-refractivity contribution in [3.63, 3.8) is 0 Å². The van der Waals surface area contributed by atoms with Crippen molar-refractivity contribution in [2.45, 2.75) is 25.9 Å². The van der Waals surface area contributed by atoms with Gasteiger partial charge in [0.1, 0.15) is 5.75 Å². The van der Waals surface area contributed by atoms with Crippen molar-refractivity contribution >= 4 is 34.4 Å². The average molecular weight is 396 g/mol. The normalized spacial score (nSPS) is 19.2. The van der Waals surface area contributed by atoms with E-state index in [-0.39, 0.29) is 12.1 Å². The van der Waals surface area contributed by atoms with Crippen molar-refractivity contribution in [2.75, 3.05) is 11.5 Å². The van der Waals surface area contributed by atoms with E-state index < -0.39 is 0 Å². The molecule has 0 amide bonds. The summed E-state index contributed by atoms with van der Waals surface area (Å²) in [7, 11) is 0. The molecule has 2 aromatic heterocycles. The number of aryl methyl sites for hydroxylation is 1. The second-order valence-electron chi connectivity index (χ2n) is 6.37. The summed E-state index contributed by atoms with van der Waals surface area (Å²) in [5, 5.41) is 4.20. The van der Waals surface area contributed by atoms with E-state index in [2.05, 4.69) is 52.5 Å². The standard InChI is InChI=1S/C21H21N3OS2/c1-3-25-16-10-8-15(9-11-16)24-20(18-12-7-14(2)27-18)19(23-21(24)26)17-6-4-5-13-22-17/h4-13,19-20H,3H2,1-2H3,(H,23,26)/t19-,20-/m1/s1. The number of nitrogens with one attached hydrogen (secondary N) is 1. The number of ether oxygens (including phenoxy) is 1. The molecular formula is C21H21N3OS2. The molecule has 6 heteroatoms. The zero-order valence-corrected chi connectivity index (χ0v) is 16.9. The Morgan fingerprint density at radius 3 is 2.59 bits per heavy atom. The van der Waals surface area contributed by atoms with Gasteiger partial charge in [-0.15, -0.1) is 11.3 Å². The van der Waals surface area contributed by atoms with E-state index in [1.54, 1.807) is 11.3 Å². The second kappa shape index (κ2) is 7.66. The number of thiophene rings is 1. The Bertz CT molecular complexity index is 924. The largest absolute Gasteiger partial charge is 0.494 e. The lowest BCUT2D eigenvalue weighted by atomic mass is 10.0. The molecule has 4 nitrogen and oxygen atoms in total. The van der Waals surface area contributed by atoms with E-state index in [1.807, 2.05) is 37.4 Å². The van der Waals surface area contributed by atoms with Gasteiger partial charge in [0.05, 0.1) is 24.4 Å². The summed E-state index contributed by atoms with van der Waals surface area (Å²) in [5.41, 5.74) is 2.04. The Morgan fingerprint density at radius 2 is 1.96 bits per heavy atom. The number of anilines is 1. The minimum absolute atomic E-state index is 0.00307. The molecule has 1 aliphatic rings. The number of rotatable bonds is 5. The Kier molecular flexibility index (Phi) is 5.09. The van der Waals surface area contributed by atoms with E-state index in [1.165, 1.54) is 9.75 Å². The van der Waals surface area contributed by atoms with Crippen molar-refractivity contribution in [1.82, 2.24) is 10.3 Å². The number of hydrogen-bond donors (Lipinski definition) is 1. The fourth-order valence-corrected chi connectivity index (χ4v) is 4.76. The lowest BCUT2D eigenvalue weighted by Gasteiger charge is -2.27. The molecule has 0 saturated carbocycles. The van der Waals surface area contributed by atoms with Gasteiger partial charge < -0.3 is 15.0 Å². The molecule has 1 N–H and O–H groups in total. The monoisotopic (exact) mass is 395 g/mol. The fraction of sp³-hybridized carbons (Fsp3) is 0.238. The molecular weight excluding hydrogens is 374 g/mol. The summed E-state index contributed by atoms with van der Waals surface area (Å²) >= 11 is 7.53. The summed E-state index contributed by atoms with van der Waals surface area (Å²) in [6.45, 7) is 4.77. The molecule has 4 rings (SSSR count). The lowest BCUT2D eigenvalue weighted by Crippen LogP contribution is -2.29. The Balaban J connectivity index is 1.75. The highest BCUT2D eigenvalue weighted by Gasteiger charge is 2.41. The first kappa shape index (κ1) is 17.9. The Morgan fingerprint density at radius 1 is 1.15 bits per heavy atom. The minimum atomic E-state index is 0.00307. The lowest BCUT2D eigenvalue weighted by molar-refractivity contribution is 0.340. The van der Waals surface area contributed by atoms with Gasteiger partial charge in [0, 0.05) is 21.6 Å². The number of aromatic nitrogens is 1. The van der Waals surface area contributed by atoms with Crippen LogP contribution in [0.25, 0.3) is 0 Å². The Labute approximate surface area is 168 Å². The van der Waals surface area contributed by atoms with Crippen LogP contribution in [0.15, 0.2) is 60.8 Å². The molecule has 0 aliphatic carbocycles. The van der Waals surface area contributed by atoms with Gasteiger partial charge >= 0.3 is 0 Å². The summed E-state index contributed by atoms with van der Waals surface area (Å²) in [6, 6.07) is 18.5. The van der Waals surface area contributed by atoms with Crippen LogP contribution in [0.1, 0.15) is 34.5 Å². The van der Waals surface area contributed by atoms with Gasteiger partial charge in [-0.3, -0.25) is 4.98 Å². The van der Waals surface area contributed by atoms with Gasteiger partial charge in [0.15, 0.2) is 5.11 Å². The number of benzene rings is 1. The molecule has 138 valence electrons. The minimum Gasteiger partial charge on any atom is -0.494 e. The SMILES string of the molecule is CCOc1ccc(N2C(=S)N[C@H](c3ccccn3)[C@H]2c2ccc(C)s2)cc1. The second-order valence-corrected chi connectivity index (χ2v) is 8.08. The zero-order chi connectivity index (χ0) is 18.8. The first-order valence-corrected chi connectivity index (χ1v) is 10.2. The molecule has 3 heterocycles. The highest BCUT2D eigenvalue weighted by atomic mass is 32.1. The van der Waals surface area contributed by atoms with Crippen molar-refractivity contribution in [1.29, 1.82) is 0 Å². The number of nitrogens with zero attached hydrogens (tertiary/aromatic N) is 2. The topological polar surface area (TPSA) is 37.4 Å². The molecule has 3 aromatic rings. The third-order valence-electron chi connectivity index (χ3n) is 4.58. The molecule has 0 spiro atoms. The predicted molar refractivity (Wildman–Crippen MR) is 115 cm³/mol. The van der Waals surface area contributed by atoms with Gasteiger partial charge in [0.2, 0.25) is 0 Å². The van der Waals surface area contributed by atoms with E-state index in [0.29, 0.717) is 11.7 Å². The predicted octanol–water partition coefficient (Wildman–Crippen LogP) is 5.03. The molecule has 0 radical (unpaired) electrons. The van der Waals surface area contributed by atoms with Crippen LogP contribution in [0.3, 0.4) is 0 Å². The number of thiocarbonyl (C=S) groups is 1. The van der Waals surface area contributed by atoms with Crippen LogP contribution in [-0.2, 0) is 0 Å². The summed E-state index contributed by atoms with van der Waals surface area (Å²) in [4.78, 5) is 9.32. The Hall–Kier alpha value is -2.44. The summed E-state index contributed by atoms with van der Waals surface area (Å²) < 4.78 is 5.58. The summed E-state index contributed by atoms with van der Waals surface area (Å²) in [5.74, 6) is 0.865. The van der Waals surface area contributed by atoms with Crippen LogP contribution in [0.2, 0.25) is 0 Å². The van der Waals surface area contributed by atoms with Crippen molar-refractivity contribution in [2.24, 2.45) is 0 Å². The quantitative estimate of drug-likeness (QED) is 0.614. The third-order valence-corrected chi connectivity index (χ3v) is 5.96. The molecule has 1 aromatic carbocycles. The van der Waals surface area contributed by atoms with Crippen LogP contribution in [0.4, 0.5) is 5.69 Å². The number of hydrogen-bond acceptors (Lipinski definition) is 4. The van der Waals surface area contributed by atoms with E-state index in [0.717, 1.165) is 17.1 Å². The van der Waals surface area contributed by atoms with Crippen LogP contribution in [0, 0.1) is 6.92 Å². The maximum atomic E-state index is 5.73. The smallest absolute Gasteiger partial charge is 0.174 e. The highest BCUT2D eigenvalue weighted by molar-refractivity contribution is 7.80. The van der Waals surface area contributed by atoms with Crippen LogP contribution in [0.5, 0.6) is 5.75 Å². The first-order valence-electron chi connectivity index (χ1n) is 8.97. The van der Waals surface area contributed by atoms with E-state index >= 15 is 0 Å². The zero-order valence-electron chi connectivity index (χ0n) is 15.3. The number of pyridine rings is 1. The average Bonchev–Trinajstić information content (AvgIpc) is 3.26. The van der Waals surface area contributed by atoms with Gasteiger partial charge in [0.25, 0.3) is 0 Å². The maximum absolute atomic E-state index is 5.73. The van der Waals surface area contributed by atoms with Gasteiger partial charge in [-0.05, 0) is 74.6 Å². The highest BCUT2D eigenvalue weighted by Crippen LogP contribution is 2.43. The third kappa shape index (κ3) is 3.55. The molecule has 1 saturated heterocycles. The molecule has 0 bridgehead atoms. The molecule has 1 aliphatic heterocycles. The van der Waals surface area contributed by atoms with E-state index in [4.69, 9.17) is 17.0 Å². The fourth-order valence-electron chi connectivity index (χ4n) is 3.40. The van der Waals surface area contributed by atoms with Crippen molar-refractivity contribution in [3.8, 4) is 5.75 Å². The van der Waals surface area contributed by atoms with Crippen LogP contribution >= 0.6 is 23.6 Å². The molecule has 0 unspecified atom stereocenters. The first-order chi connectivity index (χ1) is 13.2. The van der Waals surface area contributed by atoms with Crippen molar-refractivity contribution < 1.29 is 4.74 Å². The van der Waals surface area contributed by atoms with Gasteiger partial charge in [-0.25, -0.2) is 0 Å².